The minimum Gasteiger partial charge on any atom is -0.395 e. The molecule has 0 aliphatic carbocycles. The Kier molecular flexibility index (Phi) is 5.35. The highest BCUT2D eigenvalue weighted by molar-refractivity contribution is 6.17. The Morgan fingerprint density at radius 2 is 2.00 bits per heavy atom. The van der Waals surface area contributed by atoms with Gasteiger partial charge in [0.15, 0.2) is 0 Å². The van der Waals surface area contributed by atoms with Crippen LogP contribution in [0.2, 0.25) is 0 Å². The molecule has 0 aromatic heterocycles. The number of amides is 3. The first kappa shape index (κ1) is 17.7. The number of β-amino-alcohol motifs (C(OH)–C–C–N with tert-alkyl or cyclic N) is 1. The lowest BCUT2D eigenvalue weighted by atomic mass is 10.1. The molecule has 1 aromatic rings. The van der Waals surface area contributed by atoms with Crippen molar-refractivity contribution in [2.45, 2.75) is 20.8 Å². The van der Waals surface area contributed by atoms with E-state index in [0.29, 0.717) is 11.4 Å². The van der Waals surface area contributed by atoms with Crippen LogP contribution >= 0.6 is 0 Å². The SMILES string of the molecule is Cc1cc(NC2=CC(=O)N(CCO)C2=O)ccc1NC(=O)C(C)C. The Hall–Kier alpha value is -2.67. The number of anilines is 2. The van der Waals surface area contributed by atoms with Crippen LogP contribution < -0.4 is 10.6 Å². The molecule has 0 atom stereocenters. The molecule has 128 valence electrons. The Bertz CT molecular complexity index is 710. The van der Waals surface area contributed by atoms with Gasteiger partial charge in [-0.2, -0.15) is 0 Å². The molecular formula is C17H21N3O4. The van der Waals surface area contributed by atoms with Crippen molar-refractivity contribution in [3.8, 4) is 0 Å². The zero-order chi connectivity index (χ0) is 17.9. The number of aryl methyl sites for hydroxylation is 1. The van der Waals surface area contributed by atoms with Gasteiger partial charge >= 0.3 is 0 Å². The van der Waals surface area contributed by atoms with Crippen molar-refractivity contribution in [1.82, 2.24) is 4.90 Å². The van der Waals surface area contributed by atoms with Crippen molar-refractivity contribution in [2.24, 2.45) is 5.92 Å². The van der Waals surface area contributed by atoms with E-state index in [1.54, 1.807) is 18.2 Å². The fourth-order valence-corrected chi connectivity index (χ4v) is 2.22. The third-order valence-electron chi connectivity index (χ3n) is 3.62. The topological polar surface area (TPSA) is 98.7 Å². The quantitative estimate of drug-likeness (QED) is 0.681. The van der Waals surface area contributed by atoms with Crippen molar-refractivity contribution in [1.29, 1.82) is 0 Å². The first-order chi connectivity index (χ1) is 11.3. The maximum absolute atomic E-state index is 12.1. The number of benzene rings is 1. The van der Waals surface area contributed by atoms with Crippen molar-refractivity contribution >= 4 is 29.1 Å². The van der Waals surface area contributed by atoms with E-state index in [0.717, 1.165) is 10.5 Å². The van der Waals surface area contributed by atoms with E-state index in [1.165, 1.54) is 6.08 Å². The van der Waals surface area contributed by atoms with Crippen LogP contribution in [0.4, 0.5) is 11.4 Å². The third kappa shape index (κ3) is 3.80. The maximum atomic E-state index is 12.1. The van der Waals surface area contributed by atoms with Gasteiger partial charge in [0, 0.05) is 23.4 Å². The van der Waals surface area contributed by atoms with E-state index in [1.807, 2.05) is 20.8 Å². The van der Waals surface area contributed by atoms with Gasteiger partial charge < -0.3 is 15.7 Å². The molecule has 0 saturated heterocycles. The van der Waals surface area contributed by atoms with Gasteiger partial charge in [-0.05, 0) is 30.7 Å². The van der Waals surface area contributed by atoms with E-state index in [4.69, 9.17) is 5.11 Å². The molecule has 0 bridgehead atoms. The molecular weight excluding hydrogens is 310 g/mol. The number of hydrogen-bond donors (Lipinski definition) is 3. The molecule has 3 N–H and O–H groups in total. The standard InChI is InChI=1S/C17H21N3O4/c1-10(2)16(23)19-13-5-4-12(8-11(13)3)18-14-9-15(22)20(6-7-21)17(14)24/h4-5,8-10,18,21H,6-7H2,1-3H3,(H,19,23). The number of carbonyl (C=O) groups excluding carboxylic acids is 3. The van der Waals surface area contributed by atoms with E-state index >= 15 is 0 Å². The fourth-order valence-electron chi connectivity index (χ4n) is 2.22. The molecule has 0 spiro atoms. The molecule has 7 nitrogen and oxygen atoms in total. The highest BCUT2D eigenvalue weighted by atomic mass is 16.3. The fraction of sp³-hybridized carbons (Fsp3) is 0.353. The molecule has 7 heteroatoms. The molecule has 24 heavy (non-hydrogen) atoms. The predicted molar refractivity (Wildman–Crippen MR) is 90.2 cm³/mol. The number of rotatable bonds is 6. The third-order valence-corrected chi connectivity index (χ3v) is 3.62. The predicted octanol–water partition coefficient (Wildman–Crippen LogP) is 1.25. The van der Waals surface area contributed by atoms with Gasteiger partial charge in [0.1, 0.15) is 5.70 Å². The summed E-state index contributed by atoms with van der Waals surface area (Å²) in [4.78, 5) is 36.5. The van der Waals surface area contributed by atoms with Gasteiger partial charge in [-0.1, -0.05) is 13.8 Å². The molecule has 0 saturated carbocycles. The monoisotopic (exact) mass is 331 g/mol. The van der Waals surface area contributed by atoms with Gasteiger partial charge in [0.25, 0.3) is 11.8 Å². The number of imide groups is 1. The lowest BCUT2D eigenvalue weighted by molar-refractivity contribution is -0.137. The van der Waals surface area contributed by atoms with Crippen LogP contribution in [0.1, 0.15) is 19.4 Å². The van der Waals surface area contributed by atoms with Crippen LogP contribution in [0.3, 0.4) is 0 Å². The molecule has 1 heterocycles. The lowest BCUT2D eigenvalue weighted by Gasteiger charge is -2.15. The summed E-state index contributed by atoms with van der Waals surface area (Å²) in [5.74, 6) is -1.11. The molecule has 0 radical (unpaired) electrons. The second kappa shape index (κ2) is 7.27. The molecule has 2 rings (SSSR count). The van der Waals surface area contributed by atoms with Crippen LogP contribution in [-0.2, 0) is 14.4 Å². The van der Waals surface area contributed by atoms with Crippen LogP contribution in [0.5, 0.6) is 0 Å². The molecule has 3 amide bonds. The molecule has 1 aliphatic rings. The molecule has 0 fully saturated rings. The van der Waals surface area contributed by atoms with Gasteiger partial charge in [0.2, 0.25) is 5.91 Å². The molecule has 1 aliphatic heterocycles. The Morgan fingerprint density at radius 3 is 2.58 bits per heavy atom. The van der Waals surface area contributed by atoms with Crippen LogP contribution in [0, 0.1) is 12.8 Å². The number of aliphatic hydroxyl groups is 1. The number of nitrogens with one attached hydrogen (secondary N) is 2. The van der Waals surface area contributed by atoms with E-state index in [9.17, 15) is 14.4 Å². The molecule has 0 unspecified atom stereocenters. The summed E-state index contributed by atoms with van der Waals surface area (Å²) < 4.78 is 0. The van der Waals surface area contributed by atoms with E-state index in [-0.39, 0.29) is 30.7 Å². The maximum Gasteiger partial charge on any atom is 0.277 e. The van der Waals surface area contributed by atoms with Crippen LogP contribution in [0.25, 0.3) is 0 Å². The zero-order valence-electron chi connectivity index (χ0n) is 13.9. The normalized spacial score (nSPS) is 14.2. The summed E-state index contributed by atoms with van der Waals surface area (Å²) in [5, 5.41) is 14.6. The van der Waals surface area contributed by atoms with E-state index in [2.05, 4.69) is 10.6 Å². The Morgan fingerprint density at radius 1 is 1.29 bits per heavy atom. The van der Waals surface area contributed by atoms with Crippen molar-refractivity contribution in [3.63, 3.8) is 0 Å². The summed E-state index contributed by atoms with van der Waals surface area (Å²) in [7, 11) is 0. The summed E-state index contributed by atoms with van der Waals surface area (Å²) in [6.45, 7) is 5.16. The van der Waals surface area contributed by atoms with Gasteiger partial charge in [-0.3, -0.25) is 19.3 Å². The number of hydrogen-bond acceptors (Lipinski definition) is 5. The summed E-state index contributed by atoms with van der Waals surface area (Å²) in [5.41, 5.74) is 2.32. The second-order valence-electron chi connectivity index (χ2n) is 5.88. The Labute approximate surface area is 140 Å². The summed E-state index contributed by atoms with van der Waals surface area (Å²) >= 11 is 0. The minimum atomic E-state index is -0.469. The number of carbonyl (C=O) groups is 3. The van der Waals surface area contributed by atoms with Gasteiger partial charge in [-0.25, -0.2) is 0 Å². The second-order valence-corrected chi connectivity index (χ2v) is 5.88. The number of nitrogens with zero attached hydrogens (tertiary/aromatic N) is 1. The van der Waals surface area contributed by atoms with Crippen molar-refractivity contribution in [2.75, 3.05) is 23.8 Å². The average molecular weight is 331 g/mol. The zero-order valence-corrected chi connectivity index (χ0v) is 13.9. The highest BCUT2D eigenvalue weighted by Gasteiger charge is 2.30. The first-order valence-corrected chi connectivity index (χ1v) is 7.70. The van der Waals surface area contributed by atoms with Crippen LogP contribution in [-0.4, -0.2) is 40.9 Å². The smallest absolute Gasteiger partial charge is 0.277 e. The summed E-state index contributed by atoms with van der Waals surface area (Å²) in [6.07, 6.45) is 1.21. The van der Waals surface area contributed by atoms with Crippen LogP contribution in [0.15, 0.2) is 30.0 Å². The largest absolute Gasteiger partial charge is 0.395 e. The van der Waals surface area contributed by atoms with Crippen molar-refractivity contribution < 1.29 is 19.5 Å². The Balaban J connectivity index is 2.10. The number of aliphatic hydroxyl groups excluding tert-OH is 1. The molecule has 1 aromatic carbocycles. The van der Waals surface area contributed by atoms with Gasteiger partial charge in [-0.15, -0.1) is 0 Å². The summed E-state index contributed by atoms with van der Waals surface area (Å²) in [6, 6.07) is 5.24. The minimum absolute atomic E-state index is 0.0292. The van der Waals surface area contributed by atoms with E-state index < -0.39 is 11.8 Å². The van der Waals surface area contributed by atoms with Gasteiger partial charge in [0.05, 0.1) is 13.2 Å². The first-order valence-electron chi connectivity index (χ1n) is 7.70. The van der Waals surface area contributed by atoms with Crippen molar-refractivity contribution in [3.05, 3.63) is 35.5 Å². The lowest BCUT2D eigenvalue weighted by Crippen LogP contribution is -2.34. The average Bonchev–Trinajstić information content (AvgIpc) is 2.77. The highest BCUT2D eigenvalue weighted by Crippen LogP contribution is 2.23.